The lowest BCUT2D eigenvalue weighted by Crippen LogP contribution is -2.38. The van der Waals surface area contributed by atoms with Gasteiger partial charge in [0.05, 0.1) is 12.0 Å². The first-order valence-corrected chi connectivity index (χ1v) is 5.45. The van der Waals surface area contributed by atoms with Crippen molar-refractivity contribution in [2.24, 2.45) is 11.1 Å². The van der Waals surface area contributed by atoms with Crippen molar-refractivity contribution < 1.29 is 9.53 Å². The van der Waals surface area contributed by atoms with E-state index in [1.165, 1.54) is 0 Å². The number of nitrogens with two attached hydrogens (primary N) is 1. The summed E-state index contributed by atoms with van der Waals surface area (Å²) >= 11 is 0. The van der Waals surface area contributed by atoms with E-state index in [9.17, 15) is 4.79 Å². The Balaban J connectivity index is 2.25. The standard InChI is InChI=1S/C11H22N2O2/c1-10(2,15-3)6-9(14)13-8-11(7-12)4-5-11/h4-8,12H2,1-3H3,(H,13,14). The van der Waals surface area contributed by atoms with Crippen molar-refractivity contribution in [2.75, 3.05) is 20.2 Å². The van der Waals surface area contributed by atoms with Crippen LogP contribution in [0, 0.1) is 5.41 Å². The van der Waals surface area contributed by atoms with Crippen LogP contribution in [0.3, 0.4) is 0 Å². The predicted octanol–water partition coefficient (Wildman–Crippen LogP) is 0.657. The number of nitrogens with one attached hydrogen (secondary N) is 1. The topological polar surface area (TPSA) is 64.3 Å². The highest BCUT2D eigenvalue weighted by Crippen LogP contribution is 2.43. The highest BCUT2D eigenvalue weighted by molar-refractivity contribution is 5.77. The molecule has 88 valence electrons. The van der Waals surface area contributed by atoms with E-state index in [2.05, 4.69) is 5.32 Å². The number of rotatable bonds is 6. The molecular formula is C11H22N2O2. The minimum absolute atomic E-state index is 0.0431. The molecule has 4 heteroatoms. The summed E-state index contributed by atoms with van der Waals surface area (Å²) in [5.41, 5.74) is 5.45. The lowest BCUT2D eigenvalue weighted by Gasteiger charge is -2.22. The van der Waals surface area contributed by atoms with E-state index < -0.39 is 0 Å². The van der Waals surface area contributed by atoms with Gasteiger partial charge in [-0.2, -0.15) is 0 Å². The van der Waals surface area contributed by atoms with Gasteiger partial charge in [0.15, 0.2) is 0 Å². The van der Waals surface area contributed by atoms with Crippen LogP contribution in [0.5, 0.6) is 0 Å². The molecule has 0 aromatic rings. The Morgan fingerprint density at radius 3 is 2.53 bits per heavy atom. The quantitative estimate of drug-likeness (QED) is 0.682. The zero-order chi connectivity index (χ0) is 11.5. The van der Waals surface area contributed by atoms with Gasteiger partial charge in [-0.1, -0.05) is 0 Å². The molecule has 0 bridgehead atoms. The van der Waals surface area contributed by atoms with Crippen molar-refractivity contribution in [1.82, 2.24) is 5.32 Å². The molecule has 0 radical (unpaired) electrons. The third-order valence-corrected chi connectivity index (χ3v) is 3.19. The van der Waals surface area contributed by atoms with Crippen LogP contribution in [0.15, 0.2) is 0 Å². The maximum atomic E-state index is 11.6. The van der Waals surface area contributed by atoms with Gasteiger partial charge in [-0.3, -0.25) is 4.79 Å². The summed E-state index contributed by atoms with van der Waals surface area (Å²) in [5.74, 6) is 0.0431. The number of hydrogen-bond acceptors (Lipinski definition) is 3. The molecule has 0 saturated heterocycles. The Hall–Kier alpha value is -0.610. The summed E-state index contributed by atoms with van der Waals surface area (Å²) in [6.45, 7) is 5.19. The van der Waals surface area contributed by atoms with E-state index >= 15 is 0 Å². The average Bonchev–Trinajstić information content (AvgIpc) is 2.95. The number of ether oxygens (including phenoxy) is 1. The molecule has 1 aliphatic rings. The molecule has 0 aliphatic heterocycles. The fraction of sp³-hybridized carbons (Fsp3) is 0.909. The smallest absolute Gasteiger partial charge is 0.222 e. The zero-order valence-corrected chi connectivity index (χ0v) is 9.93. The van der Waals surface area contributed by atoms with E-state index in [-0.39, 0.29) is 16.9 Å². The maximum Gasteiger partial charge on any atom is 0.222 e. The number of methoxy groups -OCH3 is 1. The SMILES string of the molecule is COC(C)(C)CC(=O)NCC1(CN)CC1. The Bertz CT molecular complexity index is 235. The normalized spacial score (nSPS) is 18.7. The molecule has 1 rings (SSSR count). The minimum atomic E-state index is -0.385. The average molecular weight is 214 g/mol. The monoisotopic (exact) mass is 214 g/mol. The molecule has 0 spiro atoms. The van der Waals surface area contributed by atoms with Gasteiger partial charge >= 0.3 is 0 Å². The summed E-state index contributed by atoms with van der Waals surface area (Å²) in [7, 11) is 1.62. The molecule has 4 nitrogen and oxygen atoms in total. The minimum Gasteiger partial charge on any atom is -0.378 e. The predicted molar refractivity (Wildman–Crippen MR) is 59.4 cm³/mol. The molecule has 0 unspecified atom stereocenters. The third-order valence-electron chi connectivity index (χ3n) is 3.19. The van der Waals surface area contributed by atoms with Crippen molar-refractivity contribution in [3.8, 4) is 0 Å². The summed E-state index contributed by atoms with van der Waals surface area (Å²) in [4.78, 5) is 11.6. The van der Waals surface area contributed by atoms with Crippen LogP contribution in [0.4, 0.5) is 0 Å². The van der Waals surface area contributed by atoms with Gasteiger partial charge < -0.3 is 15.8 Å². The molecule has 1 fully saturated rings. The Morgan fingerprint density at radius 2 is 2.13 bits per heavy atom. The number of hydrogen-bond donors (Lipinski definition) is 2. The molecule has 15 heavy (non-hydrogen) atoms. The Morgan fingerprint density at radius 1 is 1.53 bits per heavy atom. The Labute approximate surface area is 91.5 Å². The van der Waals surface area contributed by atoms with Crippen LogP contribution in [0.1, 0.15) is 33.1 Å². The van der Waals surface area contributed by atoms with Crippen molar-refractivity contribution in [3.05, 3.63) is 0 Å². The van der Waals surface area contributed by atoms with Crippen LogP contribution >= 0.6 is 0 Å². The van der Waals surface area contributed by atoms with Crippen LogP contribution in [-0.4, -0.2) is 31.7 Å². The Kier molecular flexibility index (Phi) is 3.73. The van der Waals surface area contributed by atoms with E-state index in [1.54, 1.807) is 7.11 Å². The zero-order valence-electron chi connectivity index (χ0n) is 9.93. The second-order valence-electron chi connectivity index (χ2n) is 5.12. The molecule has 1 amide bonds. The van der Waals surface area contributed by atoms with Gasteiger partial charge in [0.25, 0.3) is 0 Å². The third kappa shape index (κ3) is 3.80. The van der Waals surface area contributed by atoms with Crippen LogP contribution in [0.25, 0.3) is 0 Å². The molecule has 1 saturated carbocycles. The first-order chi connectivity index (χ1) is 6.93. The molecule has 0 aromatic carbocycles. The summed E-state index contributed by atoms with van der Waals surface area (Å²) in [6.07, 6.45) is 2.67. The van der Waals surface area contributed by atoms with E-state index in [0.717, 1.165) is 12.8 Å². The summed E-state index contributed by atoms with van der Waals surface area (Å²) in [5, 5.41) is 2.93. The largest absolute Gasteiger partial charge is 0.378 e. The van der Waals surface area contributed by atoms with Gasteiger partial charge in [-0.15, -0.1) is 0 Å². The van der Waals surface area contributed by atoms with Gasteiger partial charge in [0, 0.05) is 13.7 Å². The lowest BCUT2D eigenvalue weighted by molar-refractivity contribution is -0.126. The van der Waals surface area contributed by atoms with Crippen molar-refractivity contribution >= 4 is 5.91 Å². The number of carbonyl (C=O) groups is 1. The molecule has 0 atom stereocenters. The van der Waals surface area contributed by atoms with Crippen LogP contribution in [-0.2, 0) is 9.53 Å². The summed E-state index contributed by atoms with van der Waals surface area (Å²) in [6, 6.07) is 0. The highest BCUT2D eigenvalue weighted by Gasteiger charge is 2.41. The molecule has 3 N–H and O–H groups in total. The second kappa shape index (κ2) is 4.49. The van der Waals surface area contributed by atoms with E-state index in [0.29, 0.717) is 19.5 Å². The first kappa shape index (κ1) is 12.5. The number of amides is 1. The molecule has 0 heterocycles. The van der Waals surface area contributed by atoms with Gasteiger partial charge in [-0.05, 0) is 38.6 Å². The number of carbonyl (C=O) groups excluding carboxylic acids is 1. The van der Waals surface area contributed by atoms with Crippen molar-refractivity contribution in [3.63, 3.8) is 0 Å². The maximum absolute atomic E-state index is 11.6. The highest BCUT2D eigenvalue weighted by atomic mass is 16.5. The van der Waals surface area contributed by atoms with Crippen molar-refractivity contribution in [1.29, 1.82) is 0 Å². The molecule has 1 aliphatic carbocycles. The van der Waals surface area contributed by atoms with E-state index in [1.807, 2.05) is 13.8 Å². The van der Waals surface area contributed by atoms with Gasteiger partial charge in [0.2, 0.25) is 5.91 Å². The molecular weight excluding hydrogens is 192 g/mol. The van der Waals surface area contributed by atoms with Gasteiger partial charge in [0.1, 0.15) is 0 Å². The van der Waals surface area contributed by atoms with Crippen molar-refractivity contribution in [2.45, 2.75) is 38.7 Å². The van der Waals surface area contributed by atoms with Gasteiger partial charge in [-0.25, -0.2) is 0 Å². The fourth-order valence-electron chi connectivity index (χ4n) is 1.44. The van der Waals surface area contributed by atoms with Crippen LogP contribution in [0.2, 0.25) is 0 Å². The lowest BCUT2D eigenvalue weighted by atomic mass is 10.0. The summed E-state index contributed by atoms with van der Waals surface area (Å²) < 4.78 is 5.20. The fourth-order valence-corrected chi connectivity index (χ4v) is 1.44. The molecule has 0 aromatic heterocycles. The second-order valence-corrected chi connectivity index (χ2v) is 5.12. The van der Waals surface area contributed by atoms with Crippen LogP contribution < -0.4 is 11.1 Å². The van der Waals surface area contributed by atoms with E-state index in [4.69, 9.17) is 10.5 Å². The first-order valence-electron chi connectivity index (χ1n) is 5.45.